The van der Waals surface area contributed by atoms with E-state index in [4.69, 9.17) is 24.9 Å². The molecule has 0 saturated heterocycles. The number of imidazole rings is 1. The first kappa shape index (κ1) is 41.4. The molecule has 7 N–H and O–H groups in total. The second kappa shape index (κ2) is 18.2. The fourth-order valence-corrected chi connectivity index (χ4v) is 6.43. The van der Waals surface area contributed by atoms with Crippen molar-refractivity contribution in [3.8, 4) is 0 Å². The van der Waals surface area contributed by atoms with E-state index >= 15 is 0 Å². The van der Waals surface area contributed by atoms with E-state index < -0.39 is 47.0 Å². The van der Waals surface area contributed by atoms with Crippen molar-refractivity contribution in [2.24, 2.45) is 11.1 Å². The largest absolute Gasteiger partial charge is 0.465 e. The molecule has 1 saturated carbocycles. The van der Waals surface area contributed by atoms with E-state index in [1.165, 1.54) is 0 Å². The maximum Gasteiger partial charge on any atom is 0.413 e. The van der Waals surface area contributed by atoms with Crippen LogP contribution in [0.15, 0.2) is 48.5 Å². The molecule has 0 aliphatic heterocycles. The molecule has 2 aromatic carbocycles. The Morgan fingerprint density at radius 1 is 0.964 bits per heavy atom. The lowest BCUT2D eigenvalue weighted by Gasteiger charge is -2.38. The van der Waals surface area contributed by atoms with Gasteiger partial charge in [0.25, 0.3) is 0 Å². The third-order valence-corrected chi connectivity index (χ3v) is 9.35. The van der Waals surface area contributed by atoms with Crippen LogP contribution in [0.2, 0.25) is 0 Å². The van der Waals surface area contributed by atoms with E-state index in [2.05, 4.69) is 26.3 Å². The molecule has 2 aromatic heterocycles. The molecule has 0 radical (unpaired) electrons. The minimum absolute atomic E-state index is 0.110. The van der Waals surface area contributed by atoms with Crippen molar-refractivity contribution in [3.05, 3.63) is 59.9 Å². The summed E-state index contributed by atoms with van der Waals surface area (Å²) in [6.07, 6.45) is 1.03. The number of carbonyl (C=O) groups is 5. The number of primary amides is 1. The predicted octanol–water partition coefficient (Wildman–Crippen LogP) is 4.25. The van der Waals surface area contributed by atoms with Crippen LogP contribution in [0.4, 0.5) is 21.1 Å². The summed E-state index contributed by atoms with van der Waals surface area (Å²) in [4.78, 5) is 73.1. The highest BCUT2D eigenvalue weighted by molar-refractivity contribution is 6.09. The molecule has 0 spiro atoms. The van der Waals surface area contributed by atoms with Gasteiger partial charge in [-0.2, -0.15) is 0 Å². The minimum atomic E-state index is -1.34. The summed E-state index contributed by atoms with van der Waals surface area (Å²) in [5, 5.41) is 22.2. The molecule has 1 atom stereocenters. The molecule has 1 fully saturated rings. The summed E-state index contributed by atoms with van der Waals surface area (Å²) in [6, 6.07) is 12.3. The molecule has 2 heterocycles. The number of hydrogen-bond acceptors (Lipinski definition) is 11. The van der Waals surface area contributed by atoms with Gasteiger partial charge in [-0.15, -0.1) is 0 Å². The average molecular weight is 775 g/mol. The minimum Gasteiger partial charge on any atom is -0.465 e. The van der Waals surface area contributed by atoms with Crippen molar-refractivity contribution in [3.63, 3.8) is 0 Å². The predicted molar refractivity (Wildman–Crippen MR) is 207 cm³/mol. The highest BCUT2D eigenvalue weighted by Crippen LogP contribution is 2.42. The zero-order valence-corrected chi connectivity index (χ0v) is 32.1. The van der Waals surface area contributed by atoms with Crippen LogP contribution in [0.3, 0.4) is 0 Å². The number of ether oxygens (including phenoxy) is 3. The van der Waals surface area contributed by atoms with Crippen molar-refractivity contribution >= 4 is 63.3 Å². The summed E-state index contributed by atoms with van der Waals surface area (Å²) < 4.78 is 18.2. The molecule has 56 heavy (non-hydrogen) atoms. The molecule has 5 rings (SSSR count). The highest BCUT2D eigenvalue weighted by atomic mass is 16.5. The lowest BCUT2D eigenvalue weighted by molar-refractivity contribution is -0.167. The smallest absolute Gasteiger partial charge is 0.413 e. The van der Waals surface area contributed by atoms with Crippen LogP contribution in [-0.4, -0.2) is 81.0 Å². The second-order valence-electron chi connectivity index (χ2n) is 14.2. The molecule has 4 aromatic rings. The molecular weight excluding hydrogens is 724 g/mol. The van der Waals surface area contributed by atoms with Crippen LogP contribution in [0.5, 0.6) is 0 Å². The average Bonchev–Trinajstić information content (AvgIpc) is 3.48. The number of rotatable bonds is 18. The number of aromatic nitrogens is 3. The van der Waals surface area contributed by atoms with E-state index in [1.54, 1.807) is 45.0 Å². The Kier molecular flexibility index (Phi) is 13.5. The first-order chi connectivity index (χ1) is 26.7. The number of pyridine rings is 1. The van der Waals surface area contributed by atoms with Crippen LogP contribution in [0, 0.1) is 5.41 Å². The van der Waals surface area contributed by atoms with Crippen molar-refractivity contribution in [2.75, 3.05) is 30.4 Å². The Morgan fingerprint density at radius 3 is 2.34 bits per heavy atom. The third-order valence-electron chi connectivity index (χ3n) is 9.35. The van der Waals surface area contributed by atoms with E-state index in [0.29, 0.717) is 65.9 Å². The number of para-hydroxylation sites is 1. The first-order valence-corrected chi connectivity index (χ1v) is 18.7. The molecule has 0 unspecified atom stereocenters. The Hall–Kier alpha value is -5.81. The fraction of sp³-hybridized carbons (Fsp3) is 0.462. The monoisotopic (exact) mass is 774 g/mol. The van der Waals surface area contributed by atoms with Gasteiger partial charge in [0.05, 0.1) is 29.8 Å². The summed E-state index contributed by atoms with van der Waals surface area (Å²) in [6.45, 7) is 8.02. The summed E-state index contributed by atoms with van der Waals surface area (Å²) in [7, 11) is 0. The Balaban J connectivity index is 1.25. The number of nitrogens with zero attached hydrogens (tertiary/aromatic N) is 3. The van der Waals surface area contributed by atoms with E-state index in [1.807, 2.05) is 35.8 Å². The van der Waals surface area contributed by atoms with Gasteiger partial charge in [-0.3, -0.25) is 19.7 Å². The number of fused-ring (bicyclic) bond motifs is 3. The number of nitrogens with two attached hydrogens (primary N) is 1. The number of urea groups is 1. The maximum absolute atomic E-state index is 13.4. The number of aliphatic hydroxyl groups is 1. The number of amides is 5. The second-order valence-corrected chi connectivity index (χ2v) is 14.2. The van der Waals surface area contributed by atoms with Gasteiger partial charge in [-0.25, -0.2) is 19.6 Å². The van der Waals surface area contributed by atoms with Crippen molar-refractivity contribution in [2.45, 2.75) is 91.2 Å². The van der Waals surface area contributed by atoms with Gasteiger partial charge < -0.3 is 45.6 Å². The van der Waals surface area contributed by atoms with Crippen LogP contribution >= 0.6 is 0 Å². The van der Waals surface area contributed by atoms with Gasteiger partial charge in [0.1, 0.15) is 36.0 Å². The van der Waals surface area contributed by atoms with Gasteiger partial charge in [0.15, 0.2) is 5.82 Å². The Morgan fingerprint density at radius 2 is 1.70 bits per heavy atom. The van der Waals surface area contributed by atoms with Crippen molar-refractivity contribution < 1.29 is 43.3 Å². The number of carbonyl (C=O) groups excluding carboxylic acids is 5. The van der Waals surface area contributed by atoms with Crippen molar-refractivity contribution in [1.82, 2.24) is 25.2 Å². The van der Waals surface area contributed by atoms with Crippen LogP contribution < -0.4 is 27.0 Å². The molecule has 17 heteroatoms. The lowest BCUT2D eigenvalue weighted by atomic mass is 9.68. The molecule has 5 amide bonds. The Bertz CT molecular complexity index is 2060. The van der Waals surface area contributed by atoms with Gasteiger partial charge in [0, 0.05) is 24.2 Å². The van der Waals surface area contributed by atoms with E-state index in [0.717, 1.165) is 5.39 Å². The summed E-state index contributed by atoms with van der Waals surface area (Å²) in [5.41, 5.74) is 5.49. The van der Waals surface area contributed by atoms with Gasteiger partial charge in [0.2, 0.25) is 11.8 Å². The SMILES string of the molecule is CCOCc1nc2c(NC(=O)OCc3ccc(NC(=O)[C@H](CCCNC(N)=O)NC(=O)C4(C(=O)OCC)CCC4)cc3)nc3ccccc3c2n1CC(C)(C)O. The van der Waals surface area contributed by atoms with E-state index in [-0.39, 0.29) is 45.1 Å². The maximum atomic E-state index is 13.4. The third kappa shape index (κ3) is 10.1. The van der Waals surface area contributed by atoms with Crippen LogP contribution in [0.1, 0.15) is 71.2 Å². The van der Waals surface area contributed by atoms with Crippen LogP contribution in [-0.2, 0) is 48.4 Å². The normalized spacial score (nSPS) is 14.0. The van der Waals surface area contributed by atoms with Gasteiger partial charge >= 0.3 is 18.1 Å². The Labute approximate surface area is 324 Å². The summed E-state index contributed by atoms with van der Waals surface area (Å²) >= 11 is 0. The lowest BCUT2D eigenvalue weighted by Crippen LogP contribution is -2.56. The van der Waals surface area contributed by atoms with Crippen molar-refractivity contribution in [1.29, 1.82) is 0 Å². The summed E-state index contributed by atoms with van der Waals surface area (Å²) in [5.74, 6) is -0.965. The molecule has 1 aliphatic carbocycles. The highest BCUT2D eigenvalue weighted by Gasteiger charge is 2.52. The molecule has 17 nitrogen and oxygen atoms in total. The number of anilines is 2. The van der Waals surface area contributed by atoms with Gasteiger partial charge in [-0.1, -0.05) is 36.8 Å². The van der Waals surface area contributed by atoms with E-state index in [9.17, 15) is 29.1 Å². The molecule has 0 bridgehead atoms. The van der Waals surface area contributed by atoms with Gasteiger partial charge in [-0.05, 0) is 77.1 Å². The molecular formula is C39H50N8O9. The fourth-order valence-electron chi connectivity index (χ4n) is 6.43. The topological polar surface area (TPSA) is 238 Å². The standard InChI is InChI=1S/C39H50N8O9/c1-5-54-22-29-45-30-31(47(29)23-38(3,4)53)26-11-7-8-12-27(26)43-32(30)46-37(52)56-21-24-14-16-25(17-15-24)42-33(48)28(13-9-20-41-36(40)51)44-34(49)39(18-10-19-39)35(50)55-6-2/h7-8,11-12,14-17,28,53H,5-6,9-10,13,18-23H2,1-4H3,(H,42,48)(H,44,49)(H3,40,41,51)(H,43,46,52)/t28-/m0/s1. The molecule has 1 aliphatic rings. The number of nitrogens with one attached hydrogen (secondary N) is 4. The zero-order chi connectivity index (χ0) is 40.5. The number of hydrogen-bond donors (Lipinski definition) is 6. The van der Waals surface area contributed by atoms with Crippen LogP contribution in [0.25, 0.3) is 21.9 Å². The number of benzene rings is 2. The quantitative estimate of drug-likeness (QED) is 0.0475. The number of esters is 1. The first-order valence-electron chi connectivity index (χ1n) is 18.7. The molecule has 300 valence electrons. The zero-order valence-electron chi connectivity index (χ0n) is 32.1.